The van der Waals surface area contributed by atoms with Crippen molar-refractivity contribution in [2.45, 2.75) is 52.5 Å². The minimum absolute atomic E-state index is 0.115. The first-order valence-corrected chi connectivity index (χ1v) is 7.69. The summed E-state index contributed by atoms with van der Waals surface area (Å²) >= 11 is 0. The maximum atomic E-state index is 5.30. The average Bonchev–Trinajstić information content (AvgIpc) is 2.90. The zero-order valence-corrected chi connectivity index (χ0v) is 13.8. The molecule has 21 heavy (non-hydrogen) atoms. The Labute approximate surface area is 127 Å². The van der Waals surface area contributed by atoms with E-state index in [1.54, 1.807) is 0 Å². The monoisotopic (exact) mass is 293 g/mol. The Morgan fingerprint density at radius 3 is 2.57 bits per heavy atom. The summed E-state index contributed by atoms with van der Waals surface area (Å²) < 4.78 is 5.30. The van der Waals surface area contributed by atoms with Gasteiger partial charge in [0.1, 0.15) is 0 Å². The zero-order chi connectivity index (χ0) is 15.5. The van der Waals surface area contributed by atoms with Crippen LogP contribution >= 0.6 is 0 Å². The van der Waals surface area contributed by atoms with E-state index >= 15 is 0 Å². The Morgan fingerprint density at radius 2 is 2.05 bits per heavy atom. The molecule has 6 heteroatoms. The Balaban J connectivity index is 1.90. The van der Waals surface area contributed by atoms with Gasteiger partial charge in [0.25, 0.3) is 0 Å². The van der Waals surface area contributed by atoms with Gasteiger partial charge >= 0.3 is 0 Å². The summed E-state index contributed by atoms with van der Waals surface area (Å²) in [4.78, 5) is 11.1. The molecule has 0 atom stereocenters. The molecule has 118 valence electrons. The number of piperidine rings is 1. The lowest BCUT2D eigenvalue weighted by molar-refractivity contribution is 0.273. The minimum Gasteiger partial charge on any atom is -0.349 e. The van der Waals surface area contributed by atoms with E-state index in [2.05, 4.69) is 53.0 Å². The molecular formula is C15H27N5O. The van der Waals surface area contributed by atoms with Gasteiger partial charge in [0, 0.05) is 25.6 Å². The standard InChI is InChI=1S/C15H27N5O/c1-11-6-8-20(9-7-11)14(16-5)17-10-12-18-13(21-19-12)15(2,3)4/h11H,6-10H2,1-5H3,(H,16,17). The number of hydrogen-bond acceptors (Lipinski definition) is 4. The van der Waals surface area contributed by atoms with Crippen LogP contribution in [0.5, 0.6) is 0 Å². The SMILES string of the molecule is CN=C(NCc1noc(C(C)(C)C)n1)N1CCC(C)CC1. The van der Waals surface area contributed by atoms with Crippen LogP contribution < -0.4 is 5.32 Å². The molecule has 0 amide bonds. The van der Waals surface area contributed by atoms with Gasteiger partial charge in [-0.25, -0.2) is 0 Å². The van der Waals surface area contributed by atoms with Crippen molar-refractivity contribution < 1.29 is 4.52 Å². The van der Waals surface area contributed by atoms with Crippen LogP contribution in [0.1, 0.15) is 52.3 Å². The topological polar surface area (TPSA) is 66.5 Å². The lowest BCUT2D eigenvalue weighted by Crippen LogP contribution is -2.45. The molecule has 0 spiro atoms. The van der Waals surface area contributed by atoms with E-state index in [4.69, 9.17) is 4.52 Å². The molecule has 1 aliphatic rings. The van der Waals surface area contributed by atoms with Crippen LogP contribution in [-0.4, -0.2) is 41.1 Å². The van der Waals surface area contributed by atoms with Gasteiger partial charge in [-0.3, -0.25) is 4.99 Å². The molecule has 2 rings (SSSR count). The maximum absolute atomic E-state index is 5.30. The summed E-state index contributed by atoms with van der Waals surface area (Å²) in [5.74, 6) is 3.07. The molecule has 1 fully saturated rings. The highest BCUT2D eigenvalue weighted by atomic mass is 16.5. The van der Waals surface area contributed by atoms with Crippen LogP contribution in [0.4, 0.5) is 0 Å². The van der Waals surface area contributed by atoms with E-state index in [1.807, 2.05) is 7.05 Å². The summed E-state index contributed by atoms with van der Waals surface area (Å²) in [6.07, 6.45) is 2.44. The van der Waals surface area contributed by atoms with Gasteiger partial charge in [0.15, 0.2) is 11.8 Å². The molecule has 1 saturated heterocycles. The van der Waals surface area contributed by atoms with Crippen molar-refractivity contribution in [1.82, 2.24) is 20.4 Å². The molecule has 0 bridgehead atoms. The molecule has 0 unspecified atom stereocenters. The van der Waals surface area contributed by atoms with Gasteiger partial charge in [-0.1, -0.05) is 32.9 Å². The van der Waals surface area contributed by atoms with Crippen molar-refractivity contribution in [1.29, 1.82) is 0 Å². The number of hydrogen-bond donors (Lipinski definition) is 1. The van der Waals surface area contributed by atoms with Crippen LogP contribution in [0.3, 0.4) is 0 Å². The van der Waals surface area contributed by atoms with Gasteiger partial charge < -0.3 is 14.7 Å². The van der Waals surface area contributed by atoms with Crippen molar-refractivity contribution in [3.05, 3.63) is 11.7 Å². The molecule has 0 aromatic carbocycles. The molecule has 0 saturated carbocycles. The van der Waals surface area contributed by atoms with Crippen LogP contribution in [0.15, 0.2) is 9.52 Å². The molecule has 1 N–H and O–H groups in total. The van der Waals surface area contributed by atoms with Gasteiger partial charge in [0.2, 0.25) is 5.89 Å². The molecule has 6 nitrogen and oxygen atoms in total. The molecule has 1 aliphatic heterocycles. The highest BCUT2D eigenvalue weighted by molar-refractivity contribution is 5.79. The third kappa shape index (κ3) is 4.19. The van der Waals surface area contributed by atoms with E-state index in [0.717, 1.165) is 25.0 Å². The van der Waals surface area contributed by atoms with Gasteiger partial charge in [-0.15, -0.1) is 0 Å². The molecule has 2 heterocycles. The van der Waals surface area contributed by atoms with Crippen LogP contribution in [0.25, 0.3) is 0 Å². The third-order valence-electron chi connectivity index (χ3n) is 3.81. The van der Waals surface area contributed by atoms with Crippen molar-refractivity contribution in [2.75, 3.05) is 20.1 Å². The fourth-order valence-corrected chi connectivity index (χ4v) is 2.34. The Hall–Kier alpha value is -1.59. The van der Waals surface area contributed by atoms with Gasteiger partial charge in [-0.05, 0) is 18.8 Å². The Morgan fingerprint density at radius 1 is 1.38 bits per heavy atom. The van der Waals surface area contributed by atoms with Crippen LogP contribution in [0.2, 0.25) is 0 Å². The molecular weight excluding hydrogens is 266 g/mol. The highest BCUT2D eigenvalue weighted by Gasteiger charge is 2.22. The fourth-order valence-electron chi connectivity index (χ4n) is 2.34. The summed E-state index contributed by atoms with van der Waals surface area (Å²) in [6.45, 7) is 11.1. The summed E-state index contributed by atoms with van der Waals surface area (Å²) in [5.41, 5.74) is -0.115. The van der Waals surface area contributed by atoms with Crippen LogP contribution in [-0.2, 0) is 12.0 Å². The lowest BCUT2D eigenvalue weighted by atomic mass is 9.97. The first-order valence-electron chi connectivity index (χ1n) is 7.69. The number of likely N-dealkylation sites (tertiary alicyclic amines) is 1. The summed E-state index contributed by atoms with van der Waals surface area (Å²) in [6, 6.07) is 0. The van der Waals surface area contributed by atoms with Crippen LogP contribution in [0, 0.1) is 5.92 Å². The van der Waals surface area contributed by atoms with E-state index in [1.165, 1.54) is 12.8 Å². The second-order valence-electron chi connectivity index (χ2n) is 6.84. The Bertz CT molecular complexity index is 480. The number of aromatic nitrogens is 2. The predicted octanol–water partition coefficient (Wildman–Crippen LogP) is 2.17. The average molecular weight is 293 g/mol. The largest absolute Gasteiger partial charge is 0.349 e. The minimum atomic E-state index is -0.115. The summed E-state index contributed by atoms with van der Waals surface area (Å²) in [5, 5.41) is 7.35. The first kappa shape index (κ1) is 15.8. The van der Waals surface area contributed by atoms with Crippen molar-refractivity contribution in [3.63, 3.8) is 0 Å². The molecule has 1 aromatic heterocycles. The Kier molecular flexibility index (Phi) is 4.85. The van der Waals surface area contributed by atoms with E-state index < -0.39 is 0 Å². The number of nitrogens with zero attached hydrogens (tertiary/aromatic N) is 4. The second-order valence-corrected chi connectivity index (χ2v) is 6.84. The lowest BCUT2D eigenvalue weighted by Gasteiger charge is -2.32. The van der Waals surface area contributed by atoms with Crippen molar-refractivity contribution in [3.8, 4) is 0 Å². The van der Waals surface area contributed by atoms with E-state index in [0.29, 0.717) is 18.3 Å². The maximum Gasteiger partial charge on any atom is 0.232 e. The normalized spacial score (nSPS) is 18.1. The predicted molar refractivity (Wildman–Crippen MR) is 83.2 cm³/mol. The molecule has 0 radical (unpaired) electrons. The summed E-state index contributed by atoms with van der Waals surface area (Å²) in [7, 11) is 1.82. The molecule has 1 aromatic rings. The number of rotatable bonds is 2. The quantitative estimate of drug-likeness (QED) is 0.668. The van der Waals surface area contributed by atoms with Gasteiger partial charge in [0.05, 0.1) is 6.54 Å². The van der Waals surface area contributed by atoms with Gasteiger partial charge in [-0.2, -0.15) is 4.98 Å². The first-order chi connectivity index (χ1) is 9.90. The number of aliphatic imine (C=N–C) groups is 1. The second kappa shape index (κ2) is 6.45. The van der Waals surface area contributed by atoms with Crippen molar-refractivity contribution >= 4 is 5.96 Å². The fraction of sp³-hybridized carbons (Fsp3) is 0.800. The third-order valence-corrected chi connectivity index (χ3v) is 3.81. The van der Waals surface area contributed by atoms with E-state index in [-0.39, 0.29) is 5.41 Å². The highest BCUT2D eigenvalue weighted by Crippen LogP contribution is 2.19. The number of nitrogens with one attached hydrogen (secondary N) is 1. The number of guanidine groups is 1. The zero-order valence-electron chi connectivity index (χ0n) is 13.8. The van der Waals surface area contributed by atoms with E-state index in [9.17, 15) is 0 Å². The molecule has 0 aliphatic carbocycles. The smallest absolute Gasteiger partial charge is 0.232 e. The van der Waals surface area contributed by atoms with Crippen molar-refractivity contribution in [2.24, 2.45) is 10.9 Å².